The molecule has 0 radical (unpaired) electrons. The molecule has 20 heavy (non-hydrogen) atoms. The van der Waals surface area contributed by atoms with Crippen molar-refractivity contribution in [2.75, 3.05) is 18.4 Å². The molecule has 0 saturated heterocycles. The highest BCUT2D eigenvalue weighted by Gasteiger charge is 2.19. The average molecular weight is 275 g/mol. The van der Waals surface area contributed by atoms with Crippen LogP contribution in [0.3, 0.4) is 0 Å². The van der Waals surface area contributed by atoms with Crippen molar-refractivity contribution >= 4 is 5.69 Å². The molecule has 1 saturated carbocycles. The highest BCUT2D eigenvalue weighted by atomic mass is 15.1. The molecule has 0 amide bonds. The third kappa shape index (κ3) is 4.22. The van der Waals surface area contributed by atoms with E-state index in [1.165, 1.54) is 24.1 Å². The maximum Gasteiger partial charge on any atom is 0.0388 e. The van der Waals surface area contributed by atoms with Crippen molar-refractivity contribution in [2.24, 2.45) is 5.73 Å². The second-order valence-corrected chi connectivity index (χ2v) is 5.87. The van der Waals surface area contributed by atoms with Crippen molar-refractivity contribution in [3.05, 3.63) is 29.8 Å². The van der Waals surface area contributed by atoms with Gasteiger partial charge in [0.15, 0.2) is 0 Å². The number of hydrogen-bond acceptors (Lipinski definition) is 3. The normalized spacial score (nSPS) is 23.0. The molecular formula is C17H29N3. The lowest BCUT2D eigenvalue weighted by Crippen LogP contribution is -2.33. The summed E-state index contributed by atoms with van der Waals surface area (Å²) in [7, 11) is 0. The summed E-state index contributed by atoms with van der Waals surface area (Å²) in [6.45, 7) is 7.68. The number of anilines is 1. The van der Waals surface area contributed by atoms with E-state index in [9.17, 15) is 0 Å². The van der Waals surface area contributed by atoms with Crippen molar-refractivity contribution in [2.45, 2.75) is 58.2 Å². The quantitative estimate of drug-likeness (QED) is 0.837. The Morgan fingerprint density at radius 3 is 2.40 bits per heavy atom. The van der Waals surface area contributed by atoms with Gasteiger partial charge in [-0.05, 0) is 50.4 Å². The molecule has 112 valence electrons. The van der Waals surface area contributed by atoms with E-state index < -0.39 is 0 Å². The van der Waals surface area contributed by atoms with Crippen LogP contribution in [-0.4, -0.2) is 30.1 Å². The summed E-state index contributed by atoms with van der Waals surface area (Å²) in [6, 6.07) is 9.73. The Balaban J connectivity index is 2.00. The SMILES string of the molecule is CCN(CC)Cc1ccccc1NC1CCC(N)CC1. The van der Waals surface area contributed by atoms with Crippen LogP contribution in [0.5, 0.6) is 0 Å². The number of nitrogens with zero attached hydrogens (tertiary/aromatic N) is 1. The van der Waals surface area contributed by atoms with E-state index in [4.69, 9.17) is 5.73 Å². The monoisotopic (exact) mass is 275 g/mol. The molecule has 0 heterocycles. The van der Waals surface area contributed by atoms with Crippen LogP contribution in [0.25, 0.3) is 0 Å². The zero-order chi connectivity index (χ0) is 14.4. The Labute approximate surface area is 123 Å². The minimum atomic E-state index is 0.416. The summed E-state index contributed by atoms with van der Waals surface area (Å²) in [6.07, 6.45) is 4.69. The first-order valence-electron chi connectivity index (χ1n) is 8.05. The summed E-state index contributed by atoms with van der Waals surface area (Å²) in [5.74, 6) is 0. The number of hydrogen-bond donors (Lipinski definition) is 2. The van der Waals surface area contributed by atoms with Crippen LogP contribution >= 0.6 is 0 Å². The summed E-state index contributed by atoms with van der Waals surface area (Å²) < 4.78 is 0. The maximum absolute atomic E-state index is 5.99. The number of rotatable bonds is 6. The van der Waals surface area contributed by atoms with E-state index >= 15 is 0 Å². The largest absolute Gasteiger partial charge is 0.382 e. The lowest BCUT2D eigenvalue weighted by Gasteiger charge is -2.29. The van der Waals surface area contributed by atoms with Crippen LogP contribution in [0, 0.1) is 0 Å². The molecule has 2 rings (SSSR count). The molecule has 1 aliphatic carbocycles. The topological polar surface area (TPSA) is 41.3 Å². The summed E-state index contributed by atoms with van der Waals surface area (Å²) in [4.78, 5) is 2.46. The molecule has 3 heteroatoms. The van der Waals surface area contributed by atoms with Gasteiger partial charge in [0.1, 0.15) is 0 Å². The Bertz CT molecular complexity index is 393. The van der Waals surface area contributed by atoms with Crippen molar-refractivity contribution in [3.8, 4) is 0 Å². The second kappa shape index (κ2) is 7.65. The lowest BCUT2D eigenvalue weighted by atomic mass is 9.91. The molecule has 0 bridgehead atoms. The Morgan fingerprint density at radius 2 is 1.75 bits per heavy atom. The van der Waals surface area contributed by atoms with Gasteiger partial charge in [-0.25, -0.2) is 0 Å². The molecule has 1 fully saturated rings. The van der Waals surface area contributed by atoms with Gasteiger partial charge in [-0.1, -0.05) is 32.0 Å². The van der Waals surface area contributed by atoms with Crippen LogP contribution in [-0.2, 0) is 6.54 Å². The van der Waals surface area contributed by atoms with Crippen LogP contribution < -0.4 is 11.1 Å². The fourth-order valence-corrected chi connectivity index (χ4v) is 2.97. The van der Waals surface area contributed by atoms with Crippen molar-refractivity contribution < 1.29 is 0 Å². The zero-order valence-corrected chi connectivity index (χ0v) is 12.9. The number of nitrogens with one attached hydrogen (secondary N) is 1. The predicted molar refractivity (Wildman–Crippen MR) is 86.9 cm³/mol. The van der Waals surface area contributed by atoms with E-state index in [-0.39, 0.29) is 0 Å². The molecule has 0 aliphatic heterocycles. The van der Waals surface area contributed by atoms with Crippen molar-refractivity contribution in [1.29, 1.82) is 0 Å². The van der Waals surface area contributed by atoms with E-state index in [2.05, 4.69) is 48.3 Å². The van der Waals surface area contributed by atoms with E-state index in [1.807, 2.05) is 0 Å². The van der Waals surface area contributed by atoms with Gasteiger partial charge in [-0.15, -0.1) is 0 Å². The number of para-hydroxylation sites is 1. The molecule has 0 spiro atoms. The number of benzene rings is 1. The first-order valence-corrected chi connectivity index (χ1v) is 8.05. The van der Waals surface area contributed by atoms with Crippen molar-refractivity contribution in [1.82, 2.24) is 4.90 Å². The van der Waals surface area contributed by atoms with Gasteiger partial charge in [-0.3, -0.25) is 4.90 Å². The predicted octanol–water partition coefficient (Wildman–Crippen LogP) is 3.21. The molecular weight excluding hydrogens is 246 g/mol. The molecule has 0 unspecified atom stereocenters. The third-order valence-corrected chi connectivity index (χ3v) is 4.44. The smallest absolute Gasteiger partial charge is 0.0388 e. The Morgan fingerprint density at radius 1 is 1.10 bits per heavy atom. The highest BCUT2D eigenvalue weighted by Crippen LogP contribution is 2.24. The average Bonchev–Trinajstić information content (AvgIpc) is 2.48. The summed E-state index contributed by atoms with van der Waals surface area (Å²) in [5, 5.41) is 3.74. The fourth-order valence-electron chi connectivity index (χ4n) is 2.97. The minimum Gasteiger partial charge on any atom is -0.382 e. The molecule has 3 N–H and O–H groups in total. The van der Waals surface area contributed by atoms with Gasteiger partial charge in [0, 0.05) is 24.3 Å². The van der Waals surface area contributed by atoms with Gasteiger partial charge < -0.3 is 11.1 Å². The van der Waals surface area contributed by atoms with Gasteiger partial charge in [0.05, 0.1) is 0 Å². The van der Waals surface area contributed by atoms with Crippen LogP contribution in [0.1, 0.15) is 45.1 Å². The van der Waals surface area contributed by atoms with Crippen LogP contribution in [0.4, 0.5) is 5.69 Å². The molecule has 1 aromatic carbocycles. The third-order valence-electron chi connectivity index (χ3n) is 4.44. The van der Waals surface area contributed by atoms with E-state index in [1.54, 1.807) is 0 Å². The van der Waals surface area contributed by atoms with Gasteiger partial charge >= 0.3 is 0 Å². The summed E-state index contributed by atoms with van der Waals surface area (Å²) >= 11 is 0. The second-order valence-electron chi connectivity index (χ2n) is 5.87. The first-order chi connectivity index (χ1) is 9.72. The van der Waals surface area contributed by atoms with Crippen molar-refractivity contribution in [3.63, 3.8) is 0 Å². The van der Waals surface area contributed by atoms with Crippen LogP contribution in [0.2, 0.25) is 0 Å². The lowest BCUT2D eigenvalue weighted by molar-refractivity contribution is 0.296. The maximum atomic E-state index is 5.99. The fraction of sp³-hybridized carbons (Fsp3) is 0.647. The molecule has 1 aliphatic rings. The molecule has 1 aromatic rings. The van der Waals surface area contributed by atoms with Gasteiger partial charge in [-0.2, -0.15) is 0 Å². The minimum absolute atomic E-state index is 0.416. The van der Waals surface area contributed by atoms with Crippen LogP contribution in [0.15, 0.2) is 24.3 Å². The van der Waals surface area contributed by atoms with E-state index in [0.717, 1.165) is 32.5 Å². The first kappa shape index (κ1) is 15.3. The van der Waals surface area contributed by atoms with E-state index in [0.29, 0.717) is 12.1 Å². The van der Waals surface area contributed by atoms with Gasteiger partial charge in [0.2, 0.25) is 0 Å². The zero-order valence-electron chi connectivity index (χ0n) is 12.9. The van der Waals surface area contributed by atoms with Gasteiger partial charge in [0.25, 0.3) is 0 Å². The standard InChI is InChI=1S/C17H29N3/c1-3-20(4-2)13-14-7-5-6-8-17(14)19-16-11-9-15(18)10-12-16/h5-8,15-16,19H,3-4,9-13,18H2,1-2H3. The highest BCUT2D eigenvalue weighted by molar-refractivity contribution is 5.51. The summed E-state index contributed by atoms with van der Waals surface area (Å²) in [5.41, 5.74) is 8.70. The molecule has 0 atom stereocenters. The number of nitrogens with two attached hydrogens (primary N) is 1. The molecule has 0 aromatic heterocycles. The Hall–Kier alpha value is -1.06. The Kier molecular flexibility index (Phi) is 5.86. The molecule has 3 nitrogen and oxygen atoms in total.